The maximum atomic E-state index is 14.0. The first-order chi connectivity index (χ1) is 26.2. The van der Waals surface area contributed by atoms with E-state index in [1.165, 1.54) is 10.4 Å². The summed E-state index contributed by atoms with van der Waals surface area (Å²) in [7, 11) is -1.12. The van der Waals surface area contributed by atoms with Crippen LogP contribution in [0.4, 0.5) is 0 Å². The first-order valence-electron chi connectivity index (χ1n) is 19.2. The fourth-order valence-electron chi connectivity index (χ4n) is 6.98. The van der Waals surface area contributed by atoms with E-state index in [0.717, 1.165) is 36.8 Å². The van der Waals surface area contributed by atoms with Crippen LogP contribution >= 0.6 is 0 Å². The van der Waals surface area contributed by atoms with Crippen LogP contribution in [0.15, 0.2) is 133 Å². The van der Waals surface area contributed by atoms with E-state index >= 15 is 0 Å². The molecule has 0 aliphatic carbocycles. The second-order valence-corrected chi connectivity index (χ2v) is 19.2. The topological polar surface area (TPSA) is 63.2 Å². The lowest BCUT2D eigenvalue weighted by Crippen LogP contribution is -2.66. The van der Waals surface area contributed by atoms with E-state index < -0.39 is 14.3 Å². The van der Waals surface area contributed by atoms with E-state index in [2.05, 4.69) is 95.3 Å². The second kappa shape index (κ2) is 19.5. The molecule has 0 bridgehead atoms. The molecular formula is C47H56O6Si. The largest absolute Gasteiger partial charge is 0.493 e. The Hall–Kier alpha value is -4.85. The van der Waals surface area contributed by atoms with Crippen molar-refractivity contribution in [1.82, 2.24) is 0 Å². The molecule has 0 saturated heterocycles. The number of rotatable bonds is 19. The van der Waals surface area contributed by atoms with Crippen LogP contribution in [0.5, 0.6) is 17.2 Å². The van der Waals surface area contributed by atoms with Crippen molar-refractivity contribution in [3.63, 3.8) is 0 Å². The van der Waals surface area contributed by atoms with Gasteiger partial charge in [-0.05, 0) is 57.4 Å². The molecule has 0 radical (unpaired) electrons. The summed E-state index contributed by atoms with van der Waals surface area (Å²) in [5, 5.41) is 2.38. The minimum absolute atomic E-state index is 0.0582. The van der Waals surface area contributed by atoms with Gasteiger partial charge in [0.15, 0.2) is 11.5 Å². The summed E-state index contributed by atoms with van der Waals surface area (Å²) in [6.45, 7) is 12.4. The number of carbonyl (C=O) groups excluding carboxylic acids is 1. The fourth-order valence-corrected chi connectivity index (χ4v) is 11.6. The van der Waals surface area contributed by atoms with Gasteiger partial charge in [0.2, 0.25) is 5.75 Å². The van der Waals surface area contributed by atoms with Crippen LogP contribution in [0.25, 0.3) is 0 Å². The monoisotopic (exact) mass is 744 g/mol. The van der Waals surface area contributed by atoms with Gasteiger partial charge in [-0.15, -0.1) is 0 Å². The third-order valence-electron chi connectivity index (χ3n) is 9.98. The third-order valence-corrected chi connectivity index (χ3v) is 15.0. The predicted molar refractivity (Wildman–Crippen MR) is 221 cm³/mol. The zero-order valence-corrected chi connectivity index (χ0v) is 33.8. The van der Waals surface area contributed by atoms with Gasteiger partial charge in [-0.25, -0.2) is 4.79 Å². The molecule has 6 nitrogen and oxygen atoms in total. The summed E-state index contributed by atoms with van der Waals surface area (Å²) in [6, 6.07) is 44.6. The highest BCUT2D eigenvalue weighted by Crippen LogP contribution is 2.41. The smallest absolute Gasteiger partial charge is 0.338 e. The van der Waals surface area contributed by atoms with E-state index in [-0.39, 0.29) is 17.1 Å². The number of hydrogen-bond donors (Lipinski definition) is 0. The number of methoxy groups -OCH3 is 1. The lowest BCUT2D eigenvalue weighted by Gasteiger charge is -2.43. The van der Waals surface area contributed by atoms with Crippen molar-refractivity contribution in [3.05, 3.63) is 150 Å². The highest BCUT2D eigenvalue weighted by Gasteiger charge is 2.50. The molecule has 5 rings (SSSR count). The molecule has 0 aromatic heterocycles. The molecular weight excluding hydrogens is 689 g/mol. The quantitative estimate of drug-likeness (QED) is 0.0620. The minimum atomic E-state index is -2.69. The van der Waals surface area contributed by atoms with Crippen LogP contribution < -0.4 is 24.6 Å². The van der Waals surface area contributed by atoms with Crippen molar-refractivity contribution in [2.45, 2.75) is 84.7 Å². The summed E-state index contributed by atoms with van der Waals surface area (Å²) in [5.41, 5.74) is 2.34. The Labute approximate surface area is 323 Å². The van der Waals surface area contributed by atoms with Gasteiger partial charge in [0, 0.05) is 6.61 Å². The minimum Gasteiger partial charge on any atom is -0.493 e. The Morgan fingerprint density at radius 1 is 0.685 bits per heavy atom. The van der Waals surface area contributed by atoms with E-state index in [9.17, 15) is 4.79 Å². The SMILES string of the molecule is CCCC[C@H](OC(=O)c1cc(OC)c(OCc2ccccc2)c(OCc2ccccc2)c1)[C@@H](C)CCO[Si](c1ccccc1)(c1ccccc1)C(C)(C)C. The molecule has 0 amide bonds. The zero-order valence-electron chi connectivity index (χ0n) is 32.8. The number of esters is 1. The highest BCUT2D eigenvalue weighted by atomic mass is 28.4. The molecule has 0 saturated carbocycles. The summed E-state index contributed by atoms with van der Waals surface area (Å²) >= 11 is 0. The number of benzene rings is 5. The van der Waals surface area contributed by atoms with Gasteiger partial charge < -0.3 is 23.4 Å². The average Bonchev–Trinajstić information content (AvgIpc) is 3.20. The molecule has 0 aliphatic heterocycles. The molecule has 5 aromatic carbocycles. The molecule has 0 N–H and O–H groups in total. The summed E-state index contributed by atoms with van der Waals surface area (Å²) in [5.74, 6) is 0.889. The van der Waals surface area contributed by atoms with Gasteiger partial charge in [0.05, 0.1) is 12.7 Å². The molecule has 7 heteroatoms. The van der Waals surface area contributed by atoms with Gasteiger partial charge in [-0.2, -0.15) is 0 Å². The van der Waals surface area contributed by atoms with Crippen molar-refractivity contribution in [2.24, 2.45) is 5.92 Å². The van der Waals surface area contributed by atoms with Gasteiger partial charge >= 0.3 is 5.97 Å². The first-order valence-corrected chi connectivity index (χ1v) is 21.1. The van der Waals surface area contributed by atoms with Crippen molar-refractivity contribution in [2.75, 3.05) is 13.7 Å². The fraction of sp³-hybridized carbons (Fsp3) is 0.340. The molecule has 5 aromatic rings. The molecule has 0 fully saturated rings. The van der Waals surface area contributed by atoms with Gasteiger partial charge in [0.25, 0.3) is 8.32 Å². The summed E-state index contributed by atoms with van der Waals surface area (Å²) in [6.07, 6.45) is 3.15. The number of carbonyl (C=O) groups is 1. The van der Waals surface area contributed by atoms with Crippen molar-refractivity contribution in [1.29, 1.82) is 0 Å². The van der Waals surface area contributed by atoms with E-state index in [4.69, 9.17) is 23.4 Å². The maximum absolute atomic E-state index is 14.0. The van der Waals surface area contributed by atoms with Crippen LogP contribution in [0.1, 0.15) is 81.8 Å². The predicted octanol–water partition coefficient (Wildman–Crippen LogP) is 10.2. The highest BCUT2D eigenvalue weighted by molar-refractivity contribution is 6.99. The van der Waals surface area contributed by atoms with Crippen LogP contribution in [-0.2, 0) is 22.4 Å². The molecule has 2 atom stereocenters. The molecule has 0 aliphatic rings. The molecule has 0 unspecified atom stereocenters. The number of hydrogen-bond acceptors (Lipinski definition) is 6. The van der Waals surface area contributed by atoms with E-state index in [1.54, 1.807) is 19.2 Å². The van der Waals surface area contributed by atoms with Gasteiger partial charge in [-0.3, -0.25) is 0 Å². The zero-order chi connectivity index (χ0) is 38.4. The number of unbranched alkanes of at least 4 members (excludes halogenated alkanes) is 1. The Morgan fingerprint density at radius 2 is 1.19 bits per heavy atom. The Balaban J connectivity index is 1.37. The van der Waals surface area contributed by atoms with Crippen LogP contribution in [0.2, 0.25) is 5.04 Å². The normalized spacial score (nSPS) is 12.8. The maximum Gasteiger partial charge on any atom is 0.338 e. The Kier molecular flexibility index (Phi) is 14.5. The van der Waals surface area contributed by atoms with Gasteiger partial charge in [-0.1, -0.05) is 169 Å². The van der Waals surface area contributed by atoms with Crippen LogP contribution in [0.3, 0.4) is 0 Å². The lowest BCUT2D eigenvalue weighted by molar-refractivity contribution is 0.00957. The van der Waals surface area contributed by atoms with Crippen molar-refractivity contribution in [3.8, 4) is 17.2 Å². The third kappa shape index (κ3) is 10.2. The second-order valence-electron chi connectivity index (χ2n) is 14.9. The first kappa shape index (κ1) is 40.3. The van der Waals surface area contributed by atoms with Crippen molar-refractivity contribution < 1.29 is 28.2 Å². The summed E-state index contributed by atoms with van der Waals surface area (Å²) in [4.78, 5) is 14.0. The summed E-state index contributed by atoms with van der Waals surface area (Å²) < 4.78 is 32.0. The van der Waals surface area contributed by atoms with Crippen LogP contribution in [0, 0.1) is 5.92 Å². The molecule has 284 valence electrons. The molecule has 0 spiro atoms. The molecule has 54 heavy (non-hydrogen) atoms. The Morgan fingerprint density at radius 3 is 1.69 bits per heavy atom. The average molecular weight is 745 g/mol. The van der Waals surface area contributed by atoms with Crippen LogP contribution in [-0.4, -0.2) is 34.1 Å². The van der Waals surface area contributed by atoms with Gasteiger partial charge in [0.1, 0.15) is 19.3 Å². The van der Waals surface area contributed by atoms with E-state index in [0.29, 0.717) is 42.6 Å². The number of ether oxygens (including phenoxy) is 4. The van der Waals surface area contributed by atoms with E-state index in [1.807, 2.05) is 60.7 Å². The Bertz CT molecular complexity index is 1820. The molecule has 0 heterocycles. The van der Waals surface area contributed by atoms with Crippen molar-refractivity contribution >= 4 is 24.7 Å². The standard InChI is InChI=1S/C47H56O6Si/c1-7-8-29-42(36(2)30-31-52-54(47(3,4)5,40-25-17-11-18-26-40)41-27-19-12-20-28-41)53-46(48)39-32-43(49-6)45(51-35-38-23-15-10-16-24-38)44(33-39)50-34-37-21-13-9-14-22-37/h9-28,32-33,36,42H,7-8,29-31,34-35H2,1-6H3/t36-,42-/m0/s1. The lowest BCUT2D eigenvalue weighted by atomic mass is 9.96.